The molecule has 6 nitrogen and oxygen atoms in total. The van der Waals surface area contributed by atoms with E-state index in [-0.39, 0.29) is 11.9 Å². The van der Waals surface area contributed by atoms with Crippen molar-refractivity contribution in [1.29, 1.82) is 0 Å². The third-order valence-electron chi connectivity index (χ3n) is 5.41. The first-order chi connectivity index (χ1) is 14.0. The molecule has 29 heavy (non-hydrogen) atoms. The lowest BCUT2D eigenvalue weighted by atomic mass is 10.0. The van der Waals surface area contributed by atoms with Crippen LogP contribution in [0.1, 0.15) is 39.0 Å². The third kappa shape index (κ3) is 3.49. The normalized spacial score (nSPS) is 12.1. The minimum Gasteiger partial charge on any atom is -0.497 e. The number of carbonyl (C=O) groups excluding carboxylic acids is 1. The average Bonchev–Trinajstić information content (AvgIpc) is 3.28. The molecule has 2 heterocycles. The number of fused-ring (bicyclic) bond motifs is 1. The Morgan fingerprint density at radius 2 is 1.93 bits per heavy atom. The van der Waals surface area contributed by atoms with E-state index in [0.29, 0.717) is 5.56 Å². The molecule has 0 aliphatic heterocycles. The number of methoxy groups -OCH3 is 1. The number of aryl methyl sites for hydroxylation is 3. The van der Waals surface area contributed by atoms with Gasteiger partial charge in [-0.3, -0.25) is 4.79 Å². The number of nitrogens with one attached hydrogen (secondary N) is 2. The highest BCUT2D eigenvalue weighted by Gasteiger charge is 2.22. The lowest BCUT2D eigenvalue weighted by molar-refractivity contribution is 0.0941. The first kappa shape index (κ1) is 18.8. The minimum atomic E-state index is -0.377. The fraction of sp³-hybridized carbons (Fsp3) is 0.217. The quantitative estimate of drug-likeness (QED) is 0.542. The van der Waals surface area contributed by atoms with Crippen molar-refractivity contribution in [3.05, 3.63) is 83.1 Å². The minimum absolute atomic E-state index is 0.144. The molecule has 148 valence electrons. The Bertz CT molecular complexity index is 1170. The van der Waals surface area contributed by atoms with Crippen LogP contribution in [-0.4, -0.2) is 27.6 Å². The molecule has 0 aliphatic carbocycles. The van der Waals surface area contributed by atoms with Gasteiger partial charge < -0.3 is 19.6 Å². The molecule has 2 N–H and O–H groups in total. The molecule has 2 aromatic heterocycles. The van der Waals surface area contributed by atoms with Crippen LogP contribution in [0, 0.1) is 13.8 Å². The van der Waals surface area contributed by atoms with Gasteiger partial charge in [-0.15, -0.1) is 0 Å². The summed E-state index contributed by atoms with van der Waals surface area (Å²) < 4.78 is 7.17. The summed E-state index contributed by atoms with van der Waals surface area (Å²) in [4.78, 5) is 20.9. The van der Waals surface area contributed by atoms with Crippen molar-refractivity contribution in [2.24, 2.45) is 7.05 Å². The van der Waals surface area contributed by atoms with Crippen molar-refractivity contribution in [1.82, 2.24) is 19.9 Å². The first-order valence-corrected chi connectivity index (χ1v) is 9.49. The number of carbonyl (C=O) groups is 1. The summed E-state index contributed by atoms with van der Waals surface area (Å²) >= 11 is 0. The Morgan fingerprint density at radius 1 is 1.17 bits per heavy atom. The summed E-state index contributed by atoms with van der Waals surface area (Å²) in [6.45, 7) is 4.10. The molecular weight excluding hydrogens is 364 g/mol. The Kier molecular flexibility index (Phi) is 4.84. The summed E-state index contributed by atoms with van der Waals surface area (Å²) in [5, 5.41) is 4.21. The van der Waals surface area contributed by atoms with Crippen molar-refractivity contribution in [3.63, 3.8) is 0 Å². The van der Waals surface area contributed by atoms with Gasteiger partial charge in [0.2, 0.25) is 0 Å². The number of hydrogen-bond acceptors (Lipinski definition) is 3. The van der Waals surface area contributed by atoms with Crippen LogP contribution in [-0.2, 0) is 7.05 Å². The van der Waals surface area contributed by atoms with Gasteiger partial charge >= 0.3 is 0 Å². The van der Waals surface area contributed by atoms with E-state index in [1.54, 1.807) is 13.3 Å². The summed E-state index contributed by atoms with van der Waals surface area (Å²) in [6.07, 6.45) is 3.60. The van der Waals surface area contributed by atoms with Gasteiger partial charge in [0.05, 0.1) is 7.11 Å². The molecular formula is C23H24N4O2. The maximum Gasteiger partial charge on any atom is 0.252 e. The molecule has 1 atom stereocenters. The van der Waals surface area contributed by atoms with Crippen LogP contribution in [0.4, 0.5) is 0 Å². The van der Waals surface area contributed by atoms with E-state index in [1.807, 2.05) is 67.2 Å². The Labute approximate surface area is 169 Å². The van der Waals surface area contributed by atoms with Gasteiger partial charge in [0, 0.05) is 41.6 Å². The van der Waals surface area contributed by atoms with Gasteiger partial charge in [0.25, 0.3) is 5.91 Å². The van der Waals surface area contributed by atoms with E-state index in [2.05, 4.69) is 22.2 Å². The van der Waals surface area contributed by atoms with Crippen LogP contribution in [0.3, 0.4) is 0 Å². The predicted octanol–water partition coefficient (Wildman–Crippen LogP) is 4.05. The van der Waals surface area contributed by atoms with Gasteiger partial charge in [-0.05, 0) is 55.3 Å². The second-order valence-electron chi connectivity index (χ2n) is 7.21. The molecule has 0 fully saturated rings. The van der Waals surface area contributed by atoms with Crippen molar-refractivity contribution >= 4 is 16.8 Å². The zero-order chi connectivity index (χ0) is 20.5. The van der Waals surface area contributed by atoms with E-state index in [0.717, 1.165) is 39.3 Å². The molecule has 0 saturated heterocycles. The van der Waals surface area contributed by atoms with Crippen molar-refractivity contribution in [2.45, 2.75) is 19.9 Å². The highest BCUT2D eigenvalue weighted by molar-refractivity contribution is 5.99. The number of imidazole rings is 1. The highest BCUT2D eigenvalue weighted by Crippen LogP contribution is 2.25. The second-order valence-corrected chi connectivity index (χ2v) is 7.21. The van der Waals surface area contributed by atoms with E-state index >= 15 is 0 Å². The fourth-order valence-corrected chi connectivity index (χ4v) is 3.57. The third-order valence-corrected chi connectivity index (χ3v) is 5.41. The monoisotopic (exact) mass is 388 g/mol. The number of rotatable bonds is 5. The Hall–Kier alpha value is -3.54. The number of aromatic amines is 1. The van der Waals surface area contributed by atoms with E-state index in [1.165, 1.54) is 0 Å². The molecule has 6 heteroatoms. The lowest BCUT2D eigenvalue weighted by Gasteiger charge is -2.19. The van der Waals surface area contributed by atoms with E-state index in [9.17, 15) is 4.79 Å². The number of ether oxygens (including phenoxy) is 1. The molecule has 2 aromatic carbocycles. The number of amides is 1. The average molecular weight is 388 g/mol. The molecule has 0 radical (unpaired) electrons. The van der Waals surface area contributed by atoms with Crippen molar-refractivity contribution < 1.29 is 9.53 Å². The highest BCUT2D eigenvalue weighted by atomic mass is 16.5. The van der Waals surface area contributed by atoms with Crippen molar-refractivity contribution in [3.8, 4) is 5.75 Å². The summed E-state index contributed by atoms with van der Waals surface area (Å²) in [5.74, 6) is 1.38. The van der Waals surface area contributed by atoms with E-state index in [4.69, 9.17) is 4.74 Å². The van der Waals surface area contributed by atoms with Crippen LogP contribution < -0.4 is 10.1 Å². The van der Waals surface area contributed by atoms with Crippen molar-refractivity contribution in [2.75, 3.05) is 7.11 Å². The number of benzene rings is 2. The summed E-state index contributed by atoms with van der Waals surface area (Å²) in [5.41, 5.74) is 4.86. The lowest BCUT2D eigenvalue weighted by Crippen LogP contribution is -2.31. The van der Waals surface area contributed by atoms with Gasteiger partial charge in [0.15, 0.2) is 0 Å². The van der Waals surface area contributed by atoms with Gasteiger partial charge in [-0.2, -0.15) is 0 Å². The molecule has 0 aliphatic rings. The van der Waals surface area contributed by atoms with Crippen LogP contribution in [0.15, 0.2) is 54.9 Å². The number of H-pyrrole nitrogens is 1. The molecule has 1 unspecified atom stereocenters. The second kappa shape index (κ2) is 7.47. The first-order valence-electron chi connectivity index (χ1n) is 9.49. The van der Waals surface area contributed by atoms with Crippen LogP contribution in [0.25, 0.3) is 10.9 Å². The summed E-state index contributed by atoms with van der Waals surface area (Å²) in [6, 6.07) is 13.0. The molecule has 4 rings (SSSR count). The molecule has 0 spiro atoms. The maximum atomic E-state index is 13.1. The molecule has 0 bridgehead atoms. The fourth-order valence-electron chi connectivity index (χ4n) is 3.57. The molecule has 4 aromatic rings. The topological polar surface area (TPSA) is 71.9 Å². The SMILES string of the molecule is COc1ccc(C(NC(=O)c2ccc3[nH]c(C)c(C)c3c2)c2nccn2C)cc1. The summed E-state index contributed by atoms with van der Waals surface area (Å²) in [7, 11) is 3.55. The van der Waals surface area contributed by atoms with Gasteiger partial charge in [-0.1, -0.05) is 12.1 Å². The standard InChI is InChI=1S/C23H24N4O2/c1-14-15(2)25-20-10-7-17(13-19(14)20)23(28)26-21(22-24-11-12-27(22)3)16-5-8-18(29-4)9-6-16/h5-13,21,25H,1-4H3,(H,26,28). The number of nitrogens with zero attached hydrogens (tertiary/aromatic N) is 2. The zero-order valence-electron chi connectivity index (χ0n) is 17.0. The Morgan fingerprint density at radius 3 is 2.59 bits per heavy atom. The number of aromatic nitrogens is 3. The molecule has 1 amide bonds. The number of hydrogen-bond donors (Lipinski definition) is 2. The van der Waals surface area contributed by atoms with Crippen LogP contribution in [0.2, 0.25) is 0 Å². The maximum absolute atomic E-state index is 13.1. The van der Waals surface area contributed by atoms with E-state index < -0.39 is 0 Å². The Balaban J connectivity index is 1.69. The van der Waals surface area contributed by atoms with Crippen LogP contribution in [0.5, 0.6) is 5.75 Å². The van der Waals surface area contributed by atoms with Gasteiger partial charge in [-0.25, -0.2) is 4.98 Å². The largest absolute Gasteiger partial charge is 0.497 e. The van der Waals surface area contributed by atoms with Gasteiger partial charge in [0.1, 0.15) is 17.6 Å². The van der Waals surface area contributed by atoms with Crippen LogP contribution >= 0.6 is 0 Å². The zero-order valence-corrected chi connectivity index (χ0v) is 17.0. The molecule has 0 saturated carbocycles. The predicted molar refractivity (Wildman–Crippen MR) is 113 cm³/mol. The smallest absolute Gasteiger partial charge is 0.252 e.